The summed E-state index contributed by atoms with van der Waals surface area (Å²) in [5, 5.41) is 11.3. The van der Waals surface area contributed by atoms with Gasteiger partial charge in [-0.15, -0.1) is 0 Å². The molecule has 35 heavy (non-hydrogen) atoms. The van der Waals surface area contributed by atoms with E-state index in [0.29, 0.717) is 46.4 Å². The van der Waals surface area contributed by atoms with Crippen molar-refractivity contribution in [2.45, 2.75) is 44.9 Å². The fraction of sp³-hybridized carbons (Fsp3) is 0.360. The number of urea groups is 1. The third kappa shape index (κ3) is 2.73. The molecule has 2 amide bonds. The predicted octanol–water partition coefficient (Wildman–Crippen LogP) is 4.19. The van der Waals surface area contributed by atoms with Gasteiger partial charge in [-0.3, -0.25) is 9.97 Å². The van der Waals surface area contributed by atoms with Crippen molar-refractivity contribution in [2.24, 2.45) is 5.41 Å². The molecule has 2 N–H and O–H groups in total. The zero-order chi connectivity index (χ0) is 24.7. The average Bonchev–Trinajstić information content (AvgIpc) is 3.23. The van der Waals surface area contributed by atoms with Crippen LogP contribution in [0.3, 0.4) is 0 Å². The van der Waals surface area contributed by atoms with Crippen molar-refractivity contribution < 1.29 is 14.1 Å². The van der Waals surface area contributed by atoms with Gasteiger partial charge in [0.05, 0.1) is 40.4 Å². The van der Waals surface area contributed by atoms with Crippen LogP contribution in [0.15, 0.2) is 53.7 Å². The Labute approximate surface area is 207 Å². The van der Waals surface area contributed by atoms with E-state index in [9.17, 15) is 4.79 Å². The van der Waals surface area contributed by atoms with Gasteiger partial charge in [-0.05, 0) is 38.8 Å². The Morgan fingerprint density at radius 1 is 1.23 bits per heavy atom. The molecule has 2 fully saturated rings. The van der Waals surface area contributed by atoms with Crippen molar-refractivity contribution in [3.63, 3.8) is 0 Å². The summed E-state index contributed by atoms with van der Waals surface area (Å²) in [6.45, 7) is 15.4. The largest absolute Gasteiger partial charge is 0.371 e. The first kappa shape index (κ1) is 22.1. The first-order valence-electron chi connectivity index (χ1n) is 11.5. The van der Waals surface area contributed by atoms with Crippen LogP contribution in [0.2, 0.25) is 5.02 Å². The Morgan fingerprint density at radius 2 is 1.97 bits per heavy atom. The van der Waals surface area contributed by atoms with Gasteiger partial charge in [0.2, 0.25) is 0 Å². The lowest BCUT2D eigenvalue weighted by Crippen LogP contribution is -2.76. The Kier molecular flexibility index (Phi) is 4.59. The fourth-order valence-corrected chi connectivity index (χ4v) is 6.55. The van der Waals surface area contributed by atoms with Crippen molar-refractivity contribution in [2.75, 3.05) is 11.4 Å². The number of fused-ring (bicyclic) bond motifs is 5. The predicted molar refractivity (Wildman–Crippen MR) is 132 cm³/mol. The Bertz CT molecular complexity index is 1400. The molecule has 0 unspecified atom stereocenters. The molecule has 0 radical (unpaired) electrons. The maximum absolute atomic E-state index is 12.3. The van der Waals surface area contributed by atoms with Crippen LogP contribution in [0, 0.1) is 5.41 Å². The maximum Gasteiger partial charge on any atom is 0.323 e. The summed E-state index contributed by atoms with van der Waals surface area (Å²) in [7, 11) is 0. The number of anilines is 1. The number of morpholine rings is 1. The Balaban J connectivity index is 1.64. The Hall–Kier alpha value is -3.43. The number of carbonyl (C=O) groups excluding carboxylic acids is 1. The summed E-state index contributed by atoms with van der Waals surface area (Å²) in [6.07, 6.45) is 5.05. The Morgan fingerprint density at radius 3 is 2.66 bits per heavy atom. The van der Waals surface area contributed by atoms with E-state index in [-0.39, 0.29) is 18.2 Å². The normalized spacial score (nSPS) is 27.4. The molecule has 1 spiro atoms. The van der Waals surface area contributed by atoms with Crippen molar-refractivity contribution in [3.05, 3.63) is 59.8 Å². The summed E-state index contributed by atoms with van der Waals surface area (Å²) in [5.41, 5.74) is 3.20. The topological polar surface area (TPSA) is 105 Å². The molecule has 0 aliphatic carbocycles. The summed E-state index contributed by atoms with van der Waals surface area (Å²) in [6, 6.07) is 1.70. The molecular formula is C25H25ClN6O3. The fourth-order valence-electron chi connectivity index (χ4n) is 6.19. The van der Waals surface area contributed by atoms with Crippen molar-refractivity contribution >= 4 is 34.3 Å². The minimum absolute atomic E-state index is 0.0506. The highest BCUT2D eigenvalue weighted by atomic mass is 35.5. The molecule has 0 saturated carbocycles. The van der Waals surface area contributed by atoms with E-state index in [1.54, 1.807) is 18.6 Å². The summed E-state index contributed by atoms with van der Waals surface area (Å²) >= 11 is 7.08. The highest BCUT2D eigenvalue weighted by molar-refractivity contribution is 6.38. The smallest absolute Gasteiger partial charge is 0.323 e. The molecule has 3 aliphatic rings. The van der Waals surface area contributed by atoms with E-state index in [1.165, 1.54) is 0 Å². The zero-order valence-corrected chi connectivity index (χ0v) is 20.4. The molecule has 10 heteroatoms. The van der Waals surface area contributed by atoms with Crippen LogP contribution in [-0.2, 0) is 11.2 Å². The molecule has 3 aliphatic heterocycles. The van der Waals surface area contributed by atoms with Crippen LogP contribution in [0.4, 0.5) is 10.5 Å². The van der Waals surface area contributed by atoms with Gasteiger partial charge in [0.15, 0.2) is 5.58 Å². The van der Waals surface area contributed by atoms with Crippen LogP contribution in [0.5, 0.6) is 0 Å². The minimum Gasteiger partial charge on any atom is -0.371 e. The number of benzene rings is 1. The number of aromatic nitrogens is 3. The molecule has 2 aromatic heterocycles. The van der Waals surface area contributed by atoms with Gasteiger partial charge in [0, 0.05) is 30.3 Å². The molecule has 9 nitrogen and oxygen atoms in total. The van der Waals surface area contributed by atoms with Gasteiger partial charge in [0.25, 0.3) is 0 Å². The second-order valence-corrected chi connectivity index (χ2v) is 10.0. The van der Waals surface area contributed by atoms with E-state index in [2.05, 4.69) is 50.7 Å². The number of nitrogens with zero attached hydrogens (tertiary/aromatic N) is 4. The van der Waals surface area contributed by atoms with Gasteiger partial charge in [-0.25, -0.2) is 4.79 Å². The molecule has 5 heterocycles. The minimum atomic E-state index is -0.769. The SMILES string of the molecule is C=C1NC(=O)NC(=C)C12Cc1cc3c(-c4cnccn4)noc3c(Cl)c1N1C[C@@H](C)O[C@@H](C)[C@@]12C. The number of ether oxygens (including phenoxy) is 1. The van der Waals surface area contributed by atoms with E-state index < -0.39 is 11.0 Å². The van der Waals surface area contributed by atoms with Gasteiger partial charge in [0.1, 0.15) is 16.4 Å². The lowest BCUT2D eigenvalue weighted by atomic mass is 9.56. The summed E-state index contributed by atoms with van der Waals surface area (Å²) in [4.78, 5) is 23.1. The number of halogens is 1. The highest BCUT2D eigenvalue weighted by Crippen LogP contribution is 2.60. The summed E-state index contributed by atoms with van der Waals surface area (Å²) < 4.78 is 12.1. The van der Waals surface area contributed by atoms with Crippen LogP contribution in [0.25, 0.3) is 22.4 Å². The monoisotopic (exact) mass is 492 g/mol. The van der Waals surface area contributed by atoms with Gasteiger partial charge in [-0.1, -0.05) is 29.9 Å². The molecule has 0 bridgehead atoms. The maximum atomic E-state index is 12.3. The standard InChI is InChI=1S/C25H25ClN6O3/c1-12-11-32-21-16(8-17-20(18-10-27-6-7-28-18)31-35-22(17)19(21)26)9-25(24(32,5)15(4)34-12)13(2)29-23(33)30-14(25)3/h6-8,10,12,15H,2-3,9,11H2,1,4-5H3,(H2,29,30,33)/t12-,15+,24-/m1/s1. The van der Waals surface area contributed by atoms with Crippen LogP contribution >= 0.6 is 11.6 Å². The zero-order valence-electron chi connectivity index (χ0n) is 19.7. The molecule has 3 atom stereocenters. The highest BCUT2D eigenvalue weighted by Gasteiger charge is 2.65. The number of hydrogen-bond donors (Lipinski definition) is 2. The average molecular weight is 493 g/mol. The number of carbonyl (C=O) groups is 1. The quantitative estimate of drug-likeness (QED) is 0.524. The number of rotatable bonds is 1. The third-order valence-electron chi connectivity index (χ3n) is 7.94. The number of amides is 2. The lowest BCUT2D eigenvalue weighted by molar-refractivity contribution is -0.0931. The number of hydrogen-bond acceptors (Lipinski definition) is 7. The molecule has 1 aromatic carbocycles. The van der Waals surface area contributed by atoms with E-state index in [0.717, 1.165) is 16.6 Å². The van der Waals surface area contributed by atoms with Crippen molar-refractivity contribution in [1.82, 2.24) is 25.8 Å². The number of nitrogens with one attached hydrogen (secondary N) is 2. The molecule has 3 aromatic rings. The van der Waals surface area contributed by atoms with E-state index in [4.69, 9.17) is 20.9 Å². The van der Waals surface area contributed by atoms with E-state index >= 15 is 0 Å². The van der Waals surface area contributed by atoms with E-state index in [1.807, 2.05) is 19.9 Å². The first-order chi connectivity index (χ1) is 16.7. The van der Waals surface area contributed by atoms with Gasteiger partial charge in [-0.2, -0.15) is 0 Å². The first-order valence-corrected chi connectivity index (χ1v) is 11.8. The van der Waals surface area contributed by atoms with Crippen molar-refractivity contribution in [3.8, 4) is 11.4 Å². The van der Waals surface area contributed by atoms with Crippen molar-refractivity contribution in [1.29, 1.82) is 0 Å². The van der Waals surface area contributed by atoms with Gasteiger partial charge >= 0.3 is 6.03 Å². The van der Waals surface area contributed by atoms with Crippen LogP contribution in [0.1, 0.15) is 26.3 Å². The summed E-state index contributed by atoms with van der Waals surface area (Å²) in [5.74, 6) is 0. The lowest BCUT2D eigenvalue weighted by Gasteiger charge is -2.65. The second kappa shape index (κ2) is 7.29. The molecule has 2 saturated heterocycles. The molecule has 180 valence electrons. The third-order valence-corrected chi connectivity index (χ3v) is 8.29. The van der Waals surface area contributed by atoms with Crippen LogP contribution < -0.4 is 15.5 Å². The second-order valence-electron chi connectivity index (χ2n) is 9.66. The molecular weight excluding hydrogens is 468 g/mol. The molecule has 6 rings (SSSR count). The van der Waals surface area contributed by atoms with Crippen LogP contribution in [-0.4, -0.2) is 45.4 Å². The van der Waals surface area contributed by atoms with Gasteiger partial charge < -0.3 is 24.8 Å².